The highest BCUT2D eigenvalue weighted by Crippen LogP contribution is 2.31. The minimum absolute atomic E-state index is 0.274. The molecule has 0 aromatic heterocycles. The number of phenolic OH excluding ortho intramolecular Hbond substituents is 1. The number of hydrogen-bond donors (Lipinski definition) is 3. The lowest BCUT2D eigenvalue weighted by Gasteiger charge is -2.45. The van der Waals surface area contributed by atoms with Crippen LogP contribution in [0, 0.1) is 5.92 Å². The van der Waals surface area contributed by atoms with Crippen molar-refractivity contribution in [2.24, 2.45) is 5.92 Å². The molecule has 3 unspecified atom stereocenters. The van der Waals surface area contributed by atoms with Crippen LogP contribution in [-0.4, -0.2) is 48.7 Å². The number of anilines is 2. The Morgan fingerprint density at radius 3 is 2.54 bits per heavy atom. The fraction of sp³-hybridized carbons (Fsp3) is 0.429. The Balaban J connectivity index is 1.57. The molecular weight excluding hydrogens is 326 g/mol. The maximum Gasteiger partial charge on any atom is 0.117 e. The first-order valence-electron chi connectivity index (χ1n) is 9.48. The van der Waals surface area contributed by atoms with Gasteiger partial charge in [0.25, 0.3) is 0 Å². The Morgan fingerprint density at radius 1 is 1.00 bits per heavy atom. The number of phenols is 1. The zero-order valence-corrected chi connectivity index (χ0v) is 15.0. The molecule has 0 bridgehead atoms. The standard InChI is InChI=1S/C21H27N3O2/c25-20-8-4-7-18(14-20)24-12-11-23(17-5-2-1-3-6-17)15-19(24)13-16-9-10-22-21(16)26/h1-8,14,16,19,21-22,25-26H,9-13,15H2. The lowest BCUT2D eigenvalue weighted by atomic mass is 9.94. The summed E-state index contributed by atoms with van der Waals surface area (Å²) in [5.74, 6) is 0.574. The van der Waals surface area contributed by atoms with Crippen LogP contribution in [0.3, 0.4) is 0 Å². The lowest BCUT2D eigenvalue weighted by molar-refractivity contribution is 0.104. The number of para-hydroxylation sites is 1. The Morgan fingerprint density at radius 2 is 1.81 bits per heavy atom. The van der Waals surface area contributed by atoms with Gasteiger partial charge < -0.3 is 20.0 Å². The minimum atomic E-state index is -0.409. The van der Waals surface area contributed by atoms with E-state index in [1.54, 1.807) is 6.07 Å². The Hall–Kier alpha value is -2.24. The maximum absolute atomic E-state index is 10.2. The molecule has 2 aliphatic rings. The second-order valence-corrected chi connectivity index (χ2v) is 7.33. The van der Waals surface area contributed by atoms with E-state index in [0.717, 1.165) is 44.7 Å². The van der Waals surface area contributed by atoms with Gasteiger partial charge in [-0.3, -0.25) is 5.32 Å². The summed E-state index contributed by atoms with van der Waals surface area (Å²) in [4.78, 5) is 4.82. The summed E-state index contributed by atoms with van der Waals surface area (Å²) in [6, 6.07) is 18.3. The lowest BCUT2D eigenvalue weighted by Crippen LogP contribution is -2.54. The van der Waals surface area contributed by atoms with Gasteiger partial charge in [0.05, 0.1) is 0 Å². The normalized spacial score (nSPS) is 26.3. The predicted octanol–water partition coefficient (Wildman–Crippen LogP) is 2.41. The van der Waals surface area contributed by atoms with Gasteiger partial charge >= 0.3 is 0 Å². The number of aliphatic hydroxyl groups excluding tert-OH is 1. The van der Waals surface area contributed by atoms with Crippen molar-refractivity contribution >= 4 is 11.4 Å². The second-order valence-electron chi connectivity index (χ2n) is 7.33. The molecule has 2 heterocycles. The molecule has 2 saturated heterocycles. The predicted molar refractivity (Wildman–Crippen MR) is 105 cm³/mol. The molecule has 0 radical (unpaired) electrons. The Labute approximate surface area is 154 Å². The molecule has 0 amide bonds. The number of aromatic hydroxyl groups is 1. The molecule has 5 heteroatoms. The highest BCUT2D eigenvalue weighted by Gasteiger charge is 2.33. The van der Waals surface area contributed by atoms with Crippen LogP contribution in [0.4, 0.5) is 11.4 Å². The third-order valence-electron chi connectivity index (χ3n) is 5.66. The smallest absolute Gasteiger partial charge is 0.117 e. The molecule has 138 valence electrons. The van der Waals surface area contributed by atoms with Gasteiger partial charge in [-0.05, 0) is 43.7 Å². The zero-order chi connectivity index (χ0) is 17.9. The first-order chi connectivity index (χ1) is 12.7. The van der Waals surface area contributed by atoms with Crippen molar-refractivity contribution in [2.45, 2.75) is 25.1 Å². The summed E-state index contributed by atoms with van der Waals surface area (Å²) in [5, 5.41) is 23.3. The summed E-state index contributed by atoms with van der Waals surface area (Å²) in [5.41, 5.74) is 2.31. The summed E-state index contributed by atoms with van der Waals surface area (Å²) in [6.07, 6.45) is 1.54. The van der Waals surface area contributed by atoms with E-state index < -0.39 is 6.23 Å². The van der Waals surface area contributed by atoms with Crippen LogP contribution in [0.1, 0.15) is 12.8 Å². The van der Waals surface area contributed by atoms with Crippen molar-refractivity contribution in [1.82, 2.24) is 5.32 Å². The van der Waals surface area contributed by atoms with E-state index in [9.17, 15) is 10.2 Å². The van der Waals surface area contributed by atoms with E-state index >= 15 is 0 Å². The molecule has 2 fully saturated rings. The molecule has 0 aliphatic carbocycles. The molecule has 3 N–H and O–H groups in total. The molecule has 3 atom stereocenters. The van der Waals surface area contributed by atoms with Crippen molar-refractivity contribution in [3.8, 4) is 5.75 Å². The third-order valence-corrected chi connectivity index (χ3v) is 5.66. The van der Waals surface area contributed by atoms with E-state index in [1.165, 1.54) is 5.69 Å². The molecule has 2 aromatic rings. The fourth-order valence-electron chi connectivity index (χ4n) is 4.28. The topological polar surface area (TPSA) is 59.0 Å². The van der Waals surface area contributed by atoms with E-state index in [4.69, 9.17) is 0 Å². The quantitative estimate of drug-likeness (QED) is 0.788. The van der Waals surface area contributed by atoms with Crippen molar-refractivity contribution in [3.63, 3.8) is 0 Å². The summed E-state index contributed by atoms with van der Waals surface area (Å²) >= 11 is 0. The van der Waals surface area contributed by atoms with Gasteiger partial charge in [-0.2, -0.15) is 0 Å². The molecule has 2 aliphatic heterocycles. The average molecular weight is 353 g/mol. The second kappa shape index (κ2) is 7.56. The number of benzene rings is 2. The Kier molecular flexibility index (Phi) is 5.00. The largest absolute Gasteiger partial charge is 0.508 e. The fourth-order valence-corrected chi connectivity index (χ4v) is 4.28. The van der Waals surface area contributed by atoms with Gasteiger partial charge in [-0.25, -0.2) is 0 Å². The molecular formula is C21H27N3O2. The van der Waals surface area contributed by atoms with Crippen LogP contribution in [0.15, 0.2) is 54.6 Å². The number of aliphatic hydroxyl groups is 1. The summed E-state index contributed by atoms with van der Waals surface area (Å²) < 4.78 is 0. The number of hydrogen-bond acceptors (Lipinski definition) is 5. The molecule has 2 aromatic carbocycles. The maximum atomic E-state index is 10.2. The highest BCUT2D eigenvalue weighted by atomic mass is 16.3. The van der Waals surface area contributed by atoms with Crippen molar-refractivity contribution < 1.29 is 10.2 Å². The molecule has 0 spiro atoms. The molecule has 5 nitrogen and oxygen atoms in total. The van der Waals surface area contributed by atoms with E-state index in [1.807, 2.05) is 18.2 Å². The van der Waals surface area contributed by atoms with Gasteiger partial charge in [0.2, 0.25) is 0 Å². The first kappa shape index (κ1) is 17.2. The van der Waals surface area contributed by atoms with Crippen LogP contribution in [0.25, 0.3) is 0 Å². The SMILES string of the molecule is Oc1cccc(N2CCN(c3ccccc3)CC2CC2CCNC2O)c1. The van der Waals surface area contributed by atoms with Gasteiger partial charge in [0, 0.05) is 49.0 Å². The van der Waals surface area contributed by atoms with Crippen LogP contribution >= 0.6 is 0 Å². The monoisotopic (exact) mass is 353 g/mol. The third kappa shape index (κ3) is 3.64. The minimum Gasteiger partial charge on any atom is -0.508 e. The summed E-state index contributed by atoms with van der Waals surface area (Å²) in [7, 11) is 0. The average Bonchev–Trinajstić information content (AvgIpc) is 3.07. The zero-order valence-electron chi connectivity index (χ0n) is 15.0. The van der Waals surface area contributed by atoms with Gasteiger partial charge in [-0.1, -0.05) is 24.3 Å². The van der Waals surface area contributed by atoms with Gasteiger partial charge in [0.15, 0.2) is 0 Å². The van der Waals surface area contributed by atoms with Crippen LogP contribution in [0.5, 0.6) is 5.75 Å². The number of nitrogens with one attached hydrogen (secondary N) is 1. The number of rotatable bonds is 4. The van der Waals surface area contributed by atoms with Crippen LogP contribution in [0.2, 0.25) is 0 Å². The van der Waals surface area contributed by atoms with Crippen molar-refractivity contribution in [2.75, 3.05) is 36.0 Å². The van der Waals surface area contributed by atoms with Gasteiger partial charge in [0.1, 0.15) is 12.0 Å². The Bertz CT molecular complexity index is 724. The first-order valence-corrected chi connectivity index (χ1v) is 9.48. The molecule has 0 saturated carbocycles. The molecule has 4 rings (SSSR count). The van der Waals surface area contributed by atoms with Gasteiger partial charge in [-0.15, -0.1) is 0 Å². The van der Waals surface area contributed by atoms with E-state index in [-0.39, 0.29) is 5.92 Å². The summed E-state index contributed by atoms with van der Waals surface area (Å²) in [6.45, 7) is 3.65. The van der Waals surface area contributed by atoms with Crippen LogP contribution in [-0.2, 0) is 0 Å². The van der Waals surface area contributed by atoms with E-state index in [0.29, 0.717) is 11.8 Å². The van der Waals surface area contributed by atoms with Crippen molar-refractivity contribution in [1.29, 1.82) is 0 Å². The number of nitrogens with zero attached hydrogens (tertiary/aromatic N) is 2. The van der Waals surface area contributed by atoms with Crippen molar-refractivity contribution in [3.05, 3.63) is 54.6 Å². The van der Waals surface area contributed by atoms with Crippen LogP contribution < -0.4 is 15.1 Å². The number of piperazine rings is 1. The molecule has 26 heavy (non-hydrogen) atoms. The van der Waals surface area contributed by atoms with E-state index in [2.05, 4.69) is 45.4 Å². The highest BCUT2D eigenvalue weighted by molar-refractivity contribution is 5.55.